The lowest BCUT2D eigenvalue weighted by atomic mass is 9.99. The maximum atomic E-state index is 12.9. The van der Waals surface area contributed by atoms with E-state index in [1.165, 1.54) is 18.2 Å². The third-order valence-electron chi connectivity index (χ3n) is 4.05. The second-order valence-electron chi connectivity index (χ2n) is 5.67. The van der Waals surface area contributed by atoms with E-state index in [-0.39, 0.29) is 5.91 Å². The lowest BCUT2D eigenvalue weighted by Gasteiger charge is -2.30. The number of methoxy groups -OCH3 is 1. The molecule has 120 valence electrons. The Balaban J connectivity index is 1.99. The lowest BCUT2D eigenvalue weighted by Crippen LogP contribution is -2.35. The number of anilines is 1. The van der Waals surface area contributed by atoms with Crippen molar-refractivity contribution in [3.8, 4) is 5.75 Å². The topological polar surface area (TPSA) is 29.5 Å². The standard InChI is InChI=1S/C18H17Cl2NO2/c1-11-5-6-16-12(8-11)4-3-7-21(16)18(22)13-9-14(19)17(23-2)15(20)10-13/h5-6,8-10H,3-4,7H2,1-2H3. The van der Waals surface area contributed by atoms with Crippen molar-refractivity contribution >= 4 is 34.8 Å². The molecule has 2 aromatic rings. The van der Waals surface area contributed by atoms with Crippen LogP contribution in [0.2, 0.25) is 10.0 Å². The highest BCUT2D eigenvalue weighted by Gasteiger charge is 2.25. The number of nitrogens with zero attached hydrogens (tertiary/aromatic N) is 1. The first-order chi connectivity index (χ1) is 11.0. The van der Waals surface area contributed by atoms with E-state index in [1.807, 2.05) is 12.1 Å². The zero-order valence-electron chi connectivity index (χ0n) is 13.0. The largest absolute Gasteiger partial charge is 0.494 e. The Hall–Kier alpha value is -1.71. The Bertz CT molecular complexity index is 751. The number of amides is 1. The van der Waals surface area contributed by atoms with E-state index in [0.717, 1.165) is 18.5 Å². The summed E-state index contributed by atoms with van der Waals surface area (Å²) >= 11 is 12.3. The van der Waals surface area contributed by atoms with Gasteiger partial charge in [-0.2, -0.15) is 0 Å². The van der Waals surface area contributed by atoms with Gasteiger partial charge in [0.1, 0.15) is 0 Å². The number of aryl methyl sites for hydroxylation is 2. The molecular formula is C18H17Cl2NO2. The van der Waals surface area contributed by atoms with Crippen LogP contribution in [0.15, 0.2) is 30.3 Å². The normalized spacial score (nSPS) is 13.7. The summed E-state index contributed by atoms with van der Waals surface area (Å²) in [6, 6.07) is 9.39. The molecule has 0 saturated heterocycles. The number of carbonyl (C=O) groups is 1. The summed E-state index contributed by atoms with van der Waals surface area (Å²) in [4.78, 5) is 14.7. The van der Waals surface area contributed by atoms with E-state index >= 15 is 0 Å². The molecule has 1 amide bonds. The van der Waals surface area contributed by atoms with Crippen LogP contribution in [0, 0.1) is 6.92 Å². The van der Waals surface area contributed by atoms with Gasteiger partial charge in [-0.3, -0.25) is 4.79 Å². The molecule has 0 fully saturated rings. The molecule has 1 aliphatic rings. The van der Waals surface area contributed by atoms with E-state index in [9.17, 15) is 4.79 Å². The average Bonchev–Trinajstić information content (AvgIpc) is 2.53. The molecule has 0 saturated carbocycles. The van der Waals surface area contributed by atoms with Gasteiger partial charge in [-0.05, 0) is 43.5 Å². The van der Waals surface area contributed by atoms with E-state index in [0.29, 0.717) is 27.9 Å². The van der Waals surface area contributed by atoms with Crippen LogP contribution in [0.1, 0.15) is 27.9 Å². The van der Waals surface area contributed by atoms with E-state index in [1.54, 1.807) is 17.0 Å². The van der Waals surface area contributed by atoms with Crippen molar-refractivity contribution < 1.29 is 9.53 Å². The SMILES string of the molecule is COc1c(Cl)cc(C(=O)N2CCCc3cc(C)ccc32)cc1Cl. The molecule has 0 spiro atoms. The van der Waals surface area contributed by atoms with Crippen LogP contribution in [0.25, 0.3) is 0 Å². The Morgan fingerprint density at radius 2 is 1.87 bits per heavy atom. The molecule has 0 N–H and O–H groups in total. The van der Waals surface area contributed by atoms with Gasteiger partial charge < -0.3 is 9.64 Å². The molecule has 23 heavy (non-hydrogen) atoms. The van der Waals surface area contributed by atoms with Crippen molar-refractivity contribution in [2.24, 2.45) is 0 Å². The average molecular weight is 350 g/mol. The van der Waals surface area contributed by atoms with Gasteiger partial charge in [0.15, 0.2) is 5.75 Å². The van der Waals surface area contributed by atoms with Crippen LogP contribution < -0.4 is 9.64 Å². The van der Waals surface area contributed by atoms with Crippen molar-refractivity contribution in [2.75, 3.05) is 18.6 Å². The highest BCUT2D eigenvalue weighted by molar-refractivity contribution is 6.37. The number of hydrogen-bond donors (Lipinski definition) is 0. The van der Waals surface area contributed by atoms with Gasteiger partial charge in [0.25, 0.3) is 5.91 Å². The first kappa shape index (κ1) is 16.2. The molecular weight excluding hydrogens is 333 g/mol. The summed E-state index contributed by atoms with van der Waals surface area (Å²) in [5.41, 5.74) is 3.84. The van der Waals surface area contributed by atoms with Crippen LogP contribution in [-0.4, -0.2) is 19.6 Å². The molecule has 3 nitrogen and oxygen atoms in total. The molecule has 0 atom stereocenters. The number of carbonyl (C=O) groups excluding carboxylic acids is 1. The lowest BCUT2D eigenvalue weighted by molar-refractivity contribution is 0.0985. The van der Waals surface area contributed by atoms with Gasteiger partial charge in [-0.25, -0.2) is 0 Å². The van der Waals surface area contributed by atoms with Gasteiger partial charge in [-0.15, -0.1) is 0 Å². The van der Waals surface area contributed by atoms with E-state index in [2.05, 4.69) is 13.0 Å². The Morgan fingerprint density at radius 1 is 1.17 bits per heavy atom. The Morgan fingerprint density at radius 3 is 2.52 bits per heavy atom. The van der Waals surface area contributed by atoms with Crippen molar-refractivity contribution in [1.82, 2.24) is 0 Å². The molecule has 5 heteroatoms. The summed E-state index contributed by atoms with van der Waals surface area (Å²) in [6.45, 7) is 2.75. The maximum Gasteiger partial charge on any atom is 0.258 e. The molecule has 1 aliphatic heterocycles. The van der Waals surface area contributed by atoms with Crippen LogP contribution >= 0.6 is 23.2 Å². The molecule has 3 rings (SSSR count). The monoisotopic (exact) mass is 349 g/mol. The van der Waals surface area contributed by atoms with Crippen LogP contribution in [-0.2, 0) is 6.42 Å². The Kier molecular flexibility index (Phi) is 4.51. The predicted molar refractivity (Wildman–Crippen MR) is 94.2 cm³/mol. The molecule has 0 aliphatic carbocycles. The predicted octanol–water partition coefficient (Wildman–Crippen LogP) is 4.90. The minimum atomic E-state index is -0.0961. The van der Waals surface area contributed by atoms with Crippen LogP contribution in [0.3, 0.4) is 0 Å². The summed E-state index contributed by atoms with van der Waals surface area (Å²) in [7, 11) is 1.50. The van der Waals surface area contributed by atoms with Gasteiger partial charge >= 0.3 is 0 Å². The van der Waals surface area contributed by atoms with Crippen LogP contribution in [0.4, 0.5) is 5.69 Å². The van der Waals surface area contributed by atoms with Crippen molar-refractivity contribution in [3.63, 3.8) is 0 Å². The molecule has 0 unspecified atom stereocenters. The van der Waals surface area contributed by atoms with Gasteiger partial charge in [-0.1, -0.05) is 40.9 Å². The molecule has 0 aromatic heterocycles. The quantitative estimate of drug-likeness (QED) is 0.771. The van der Waals surface area contributed by atoms with Crippen molar-refractivity contribution in [1.29, 1.82) is 0 Å². The smallest absolute Gasteiger partial charge is 0.258 e. The minimum absolute atomic E-state index is 0.0961. The van der Waals surface area contributed by atoms with Crippen molar-refractivity contribution in [2.45, 2.75) is 19.8 Å². The highest BCUT2D eigenvalue weighted by Crippen LogP contribution is 2.35. The third kappa shape index (κ3) is 3.04. The van der Waals surface area contributed by atoms with Gasteiger partial charge in [0, 0.05) is 17.8 Å². The highest BCUT2D eigenvalue weighted by atomic mass is 35.5. The summed E-state index contributed by atoms with van der Waals surface area (Å²) < 4.78 is 5.14. The fourth-order valence-electron chi connectivity index (χ4n) is 2.97. The first-order valence-electron chi connectivity index (χ1n) is 7.45. The van der Waals surface area contributed by atoms with E-state index in [4.69, 9.17) is 27.9 Å². The number of fused-ring (bicyclic) bond motifs is 1. The zero-order valence-corrected chi connectivity index (χ0v) is 14.5. The van der Waals surface area contributed by atoms with E-state index < -0.39 is 0 Å². The summed E-state index contributed by atoms with van der Waals surface area (Å²) in [5.74, 6) is 0.292. The molecule has 0 bridgehead atoms. The minimum Gasteiger partial charge on any atom is -0.494 e. The fourth-order valence-corrected chi connectivity index (χ4v) is 3.61. The molecule has 2 aromatic carbocycles. The van der Waals surface area contributed by atoms with Gasteiger partial charge in [0.2, 0.25) is 0 Å². The second kappa shape index (κ2) is 6.42. The van der Waals surface area contributed by atoms with Crippen molar-refractivity contribution in [3.05, 3.63) is 57.1 Å². The summed E-state index contributed by atoms with van der Waals surface area (Å²) in [5, 5.41) is 0.675. The number of ether oxygens (including phenoxy) is 1. The number of halogens is 2. The third-order valence-corrected chi connectivity index (χ3v) is 4.61. The maximum absolute atomic E-state index is 12.9. The Labute approximate surface area is 145 Å². The molecule has 1 heterocycles. The first-order valence-corrected chi connectivity index (χ1v) is 8.21. The second-order valence-corrected chi connectivity index (χ2v) is 6.48. The molecule has 0 radical (unpaired) electrons. The fraction of sp³-hybridized carbons (Fsp3) is 0.278. The number of benzene rings is 2. The number of rotatable bonds is 2. The number of hydrogen-bond acceptors (Lipinski definition) is 2. The zero-order chi connectivity index (χ0) is 16.6. The van der Waals surface area contributed by atoms with Crippen LogP contribution in [0.5, 0.6) is 5.75 Å². The van der Waals surface area contributed by atoms with Gasteiger partial charge in [0.05, 0.1) is 17.2 Å². The summed E-state index contributed by atoms with van der Waals surface area (Å²) in [6.07, 6.45) is 1.94.